The number of halogens is 1. The second-order valence-electron chi connectivity index (χ2n) is 6.59. The highest BCUT2D eigenvalue weighted by Gasteiger charge is 2.38. The van der Waals surface area contributed by atoms with Crippen LogP contribution < -0.4 is 5.32 Å². The molecule has 1 atom stereocenters. The Balaban J connectivity index is 2.00. The van der Waals surface area contributed by atoms with E-state index in [0.29, 0.717) is 24.9 Å². The molecule has 156 valence electrons. The lowest BCUT2D eigenvalue weighted by molar-refractivity contribution is -0.124. The third kappa shape index (κ3) is 4.88. The van der Waals surface area contributed by atoms with Crippen LogP contribution in [0.4, 0.5) is 0 Å². The lowest BCUT2D eigenvalue weighted by Gasteiger charge is -2.28. The zero-order valence-corrected chi connectivity index (χ0v) is 18.2. The number of carbonyl (C=O) groups is 2. The summed E-state index contributed by atoms with van der Waals surface area (Å²) in [6.45, 7) is 0.497. The van der Waals surface area contributed by atoms with Crippen LogP contribution in [0, 0.1) is 0 Å². The summed E-state index contributed by atoms with van der Waals surface area (Å²) in [6.07, 6.45) is 1.88. The van der Waals surface area contributed by atoms with Crippen LogP contribution in [0.3, 0.4) is 0 Å². The van der Waals surface area contributed by atoms with Gasteiger partial charge in [0.05, 0.1) is 7.11 Å². The minimum Gasteiger partial charge on any atom is -0.463 e. The Morgan fingerprint density at radius 2 is 1.97 bits per heavy atom. The van der Waals surface area contributed by atoms with Crippen LogP contribution in [-0.2, 0) is 26.1 Å². The van der Waals surface area contributed by atoms with Crippen molar-refractivity contribution in [3.05, 3.63) is 52.2 Å². The van der Waals surface area contributed by atoms with Crippen molar-refractivity contribution >= 4 is 37.8 Å². The number of furan rings is 1. The fraction of sp³-hybridized carbons (Fsp3) is 0.368. The lowest BCUT2D eigenvalue weighted by Crippen LogP contribution is -2.48. The Morgan fingerprint density at radius 1 is 1.24 bits per heavy atom. The van der Waals surface area contributed by atoms with E-state index in [-0.39, 0.29) is 18.2 Å². The zero-order valence-electron chi connectivity index (χ0n) is 15.8. The molecule has 1 N–H and O–H groups in total. The third-order valence-electron chi connectivity index (χ3n) is 4.64. The van der Waals surface area contributed by atoms with Gasteiger partial charge >= 0.3 is 5.97 Å². The average Bonchev–Trinajstić information content (AvgIpc) is 3.12. The minimum atomic E-state index is -4.19. The van der Waals surface area contributed by atoms with E-state index in [2.05, 4.69) is 26.0 Å². The molecule has 3 rings (SSSR count). The molecule has 8 nitrogen and oxygen atoms in total. The molecule has 0 spiro atoms. The molecule has 0 aliphatic carbocycles. The van der Waals surface area contributed by atoms with Gasteiger partial charge in [-0.05, 0) is 49.1 Å². The quantitative estimate of drug-likeness (QED) is 0.631. The van der Waals surface area contributed by atoms with Crippen molar-refractivity contribution in [3.63, 3.8) is 0 Å². The van der Waals surface area contributed by atoms with E-state index in [9.17, 15) is 18.0 Å². The van der Waals surface area contributed by atoms with Crippen molar-refractivity contribution < 1.29 is 27.2 Å². The number of hydrogen-bond donors (Lipinski definition) is 1. The van der Waals surface area contributed by atoms with Gasteiger partial charge in [-0.2, -0.15) is 4.31 Å². The molecular formula is C19H21BrN2O6S. The van der Waals surface area contributed by atoms with Crippen molar-refractivity contribution in [3.8, 4) is 0 Å². The molecule has 1 aliphatic rings. The summed E-state index contributed by atoms with van der Waals surface area (Å²) in [7, 11) is -3.02. The predicted molar refractivity (Wildman–Crippen MR) is 108 cm³/mol. The summed E-state index contributed by atoms with van der Waals surface area (Å²) in [4.78, 5) is 24.3. The van der Waals surface area contributed by atoms with Gasteiger partial charge in [-0.15, -0.1) is 0 Å². The van der Waals surface area contributed by atoms with E-state index in [1.54, 1.807) is 24.3 Å². The maximum atomic E-state index is 13.4. The van der Waals surface area contributed by atoms with E-state index in [1.165, 1.54) is 19.2 Å². The number of carbonyl (C=O) groups excluding carboxylic acids is 2. The highest BCUT2D eigenvalue weighted by atomic mass is 79.9. The minimum absolute atomic E-state index is 0.0119. The van der Waals surface area contributed by atoms with Crippen LogP contribution in [0.15, 0.2) is 50.4 Å². The second kappa shape index (κ2) is 9.10. The Morgan fingerprint density at radius 3 is 2.66 bits per heavy atom. The summed E-state index contributed by atoms with van der Waals surface area (Å²) in [6, 6.07) is 8.73. The first-order valence-electron chi connectivity index (χ1n) is 9.05. The Bertz CT molecular complexity index is 986. The standard InChI is InChI=1S/C19H21BrN2O6S/c1-27-19(24)16-9-10-17(28-16)29(25,26)22(12-13-5-7-14(20)8-6-13)15-4-2-3-11-21-18(15)23/h5-10,15H,2-4,11-12H2,1H3,(H,21,23)/t15-/m1/s1. The number of hydrogen-bond acceptors (Lipinski definition) is 6. The number of nitrogens with one attached hydrogen (secondary N) is 1. The summed E-state index contributed by atoms with van der Waals surface area (Å²) >= 11 is 3.35. The normalized spacial score (nSPS) is 17.6. The molecule has 10 heteroatoms. The Hall–Kier alpha value is -2.17. The van der Waals surface area contributed by atoms with Crippen LogP contribution in [0.25, 0.3) is 0 Å². The van der Waals surface area contributed by atoms with Gasteiger partial charge in [0.25, 0.3) is 10.0 Å². The van der Waals surface area contributed by atoms with Gasteiger partial charge < -0.3 is 14.5 Å². The Labute approximate surface area is 177 Å². The van der Waals surface area contributed by atoms with E-state index in [0.717, 1.165) is 15.2 Å². The van der Waals surface area contributed by atoms with Crippen LogP contribution in [0.2, 0.25) is 0 Å². The molecular weight excluding hydrogens is 464 g/mol. The second-order valence-corrected chi connectivity index (χ2v) is 9.33. The number of sulfonamides is 1. The number of methoxy groups -OCH3 is 1. The molecule has 1 amide bonds. The van der Waals surface area contributed by atoms with E-state index >= 15 is 0 Å². The zero-order chi connectivity index (χ0) is 21.0. The maximum absolute atomic E-state index is 13.4. The van der Waals surface area contributed by atoms with Gasteiger partial charge in [0, 0.05) is 17.6 Å². The molecule has 2 aromatic rings. The van der Waals surface area contributed by atoms with Crippen molar-refractivity contribution in [2.24, 2.45) is 0 Å². The number of esters is 1. The Kier molecular flexibility index (Phi) is 6.76. The molecule has 0 unspecified atom stereocenters. The summed E-state index contributed by atoms with van der Waals surface area (Å²) in [5, 5.41) is 2.36. The van der Waals surface area contributed by atoms with Gasteiger partial charge in [0.2, 0.25) is 16.8 Å². The number of benzene rings is 1. The largest absolute Gasteiger partial charge is 0.463 e. The van der Waals surface area contributed by atoms with Crippen LogP contribution in [0.5, 0.6) is 0 Å². The fourth-order valence-corrected chi connectivity index (χ4v) is 4.90. The number of ether oxygens (including phenoxy) is 1. The SMILES string of the molecule is COC(=O)c1ccc(S(=O)(=O)N(Cc2ccc(Br)cc2)[C@@H]2CCCCNC2=O)o1. The average molecular weight is 485 g/mol. The molecule has 2 heterocycles. The predicted octanol–water partition coefficient (Wildman–Crippen LogP) is 2.69. The molecule has 29 heavy (non-hydrogen) atoms. The molecule has 0 saturated carbocycles. The van der Waals surface area contributed by atoms with Gasteiger partial charge in [-0.25, -0.2) is 13.2 Å². The third-order valence-corrected chi connectivity index (χ3v) is 6.89. The number of rotatable bonds is 6. The van der Waals surface area contributed by atoms with Crippen molar-refractivity contribution in [1.29, 1.82) is 0 Å². The molecule has 1 aliphatic heterocycles. The lowest BCUT2D eigenvalue weighted by atomic mass is 10.1. The first-order chi connectivity index (χ1) is 13.8. The van der Waals surface area contributed by atoms with Crippen molar-refractivity contribution in [2.75, 3.05) is 13.7 Å². The molecule has 0 bridgehead atoms. The summed E-state index contributed by atoms with van der Waals surface area (Å²) in [5.74, 6) is -1.35. The summed E-state index contributed by atoms with van der Waals surface area (Å²) in [5.41, 5.74) is 0.716. The van der Waals surface area contributed by atoms with Crippen LogP contribution in [0.1, 0.15) is 35.4 Å². The summed E-state index contributed by atoms with van der Waals surface area (Å²) < 4.78 is 38.6. The van der Waals surface area contributed by atoms with Gasteiger partial charge in [-0.3, -0.25) is 4.79 Å². The fourth-order valence-electron chi connectivity index (χ4n) is 3.12. The number of nitrogens with zero attached hydrogens (tertiary/aromatic N) is 1. The van der Waals surface area contributed by atoms with E-state index in [4.69, 9.17) is 4.42 Å². The first-order valence-corrected chi connectivity index (χ1v) is 11.3. The highest BCUT2D eigenvalue weighted by Crippen LogP contribution is 2.27. The van der Waals surface area contributed by atoms with Gasteiger partial charge in [0.1, 0.15) is 6.04 Å². The van der Waals surface area contributed by atoms with Gasteiger partial charge in [0.15, 0.2) is 0 Å². The molecule has 1 saturated heterocycles. The smallest absolute Gasteiger partial charge is 0.374 e. The molecule has 1 aromatic carbocycles. The topological polar surface area (TPSA) is 106 Å². The molecule has 1 fully saturated rings. The molecule has 0 radical (unpaired) electrons. The van der Waals surface area contributed by atoms with Crippen molar-refractivity contribution in [1.82, 2.24) is 9.62 Å². The van der Waals surface area contributed by atoms with Crippen LogP contribution in [-0.4, -0.2) is 44.3 Å². The first kappa shape index (κ1) is 21.5. The highest BCUT2D eigenvalue weighted by molar-refractivity contribution is 9.10. The van der Waals surface area contributed by atoms with E-state index < -0.39 is 27.1 Å². The molecule has 1 aromatic heterocycles. The number of amides is 1. The van der Waals surface area contributed by atoms with Gasteiger partial charge in [-0.1, -0.05) is 28.1 Å². The van der Waals surface area contributed by atoms with Crippen molar-refractivity contribution in [2.45, 2.75) is 36.9 Å². The van der Waals surface area contributed by atoms with E-state index in [1.807, 2.05) is 0 Å². The van der Waals surface area contributed by atoms with Crippen LogP contribution >= 0.6 is 15.9 Å². The maximum Gasteiger partial charge on any atom is 0.374 e. The monoisotopic (exact) mass is 484 g/mol.